The van der Waals surface area contributed by atoms with Crippen LogP contribution >= 0.6 is 0 Å². The van der Waals surface area contributed by atoms with E-state index in [1.165, 1.54) is 0 Å². The molecular weight excluding hydrogens is 250 g/mol. The minimum absolute atomic E-state index is 0.404. The summed E-state index contributed by atoms with van der Waals surface area (Å²) >= 11 is 0. The van der Waals surface area contributed by atoms with Gasteiger partial charge in [0.15, 0.2) is 11.7 Å². The number of nitrogens with one attached hydrogen (secondary N) is 1. The first-order valence-corrected chi connectivity index (χ1v) is 6.22. The van der Waals surface area contributed by atoms with E-state index in [-0.39, 0.29) is 0 Å². The molecule has 4 nitrogen and oxygen atoms in total. The van der Waals surface area contributed by atoms with Gasteiger partial charge in [-0.1, -0.05) is 42.5 Å². The average molecular weight is 263 g/mol. The van der Waals surface area contributed by atoms with Gasteiger partial charge in [-0.25, -0.2) is 0 Å². The number of fused-ring (bicyclic) bond motifs is 1. The SMILES string of the molecule is C=C(Nc1nncc2ccccc12)Oc1ccccc1. The Morgan fingerprint density at radius 1 is 1.00 bits per heavy atom. The normalized spacial score (nSPS) is 10.2. The minimum atomic E-state index is 0.404. The number of hydrogen-bond acceptors (Lipinski definition) is 4. The van der Waals surface area contributed by atoms with Gasteiger partial charge in [0, 0.05) is 10.8 Å². The summed E-state index contributed by atoms with van der Waals surface area (Å²) in [5.41, 5.74) is 0. The molecular formula is C16H13N3O. The highest BCUT2D eigenvalue weighted by Gasteiger charge is 2.05. The molecule has 0 aliphatic heterocycles. The van der Waals surface area contributed by atoms with Gasteiger partial charge in [-0.05, 0) is 18.7 Å². The molecule has 0 unspecified atom stereocenters. The quantitative estimate of drug-likeness (QED) is 0.731. The van der Waals surface area contributed by atoms with Gasteiger partial charge in [0.2, 0.25) is 0 Å². The molecule has 0 bridgehead atoms. The van der Waals surface area contributed by atoms with Gasteiger partial charge >= 0.3 is 0 Å². The zero-order valence-corrected chi connectivity index (χ0v) is 10.8. The topological polar surface area (TPSA) is 47.0 Å². The zero-order chi connectivity index (χ0) is 13.8. The van der Waals surface area contributed by atoms with Crippen molar-refractivity contribution < 1.29 is 4.74 Å². The number of ether oxygens (including phenoxy) is 1. The van der Waals surface area contributed by atoms with Crippen LogP contribution < -0.4 is 10.1 Å². The van der Waals surface area contributed by atoms with Crippen LogP contribution in [-0.4, -0.2) is 10.2 Å². The molecule has 3 rings (SSSR count). The second-order valence-corrected chi connectivity index (χ2v) is 4.24. The lowest BCUT2D eigenvalue weighted by Gasteiger charge is -2.11. The van der Waals surface area contributed by atoms with Gasteiger partial charge in [0.05, 0.1) is 6.20 Å². The second-order valence-electron chi connectivity index (χ2n) is 4.24. The van der Waals surface area contributed by atoms with Crippen molar-refractivity contribution in [3.05, 3.63) is 73.3 Å². The van der Waals surface area contributed by atoms with Gasteiger partial charge in [0.1, 0.15) is 5.75 Å². The summed E-state index contributed by atoms with van der Waals surface area (Å²) in [6.07, 6.45) is 1.72. The third-order valence-corrected chi connectivity index (χ3v) is 2.81. The van der Waals surface area contributed by atoms with Crippen LogP contribution in [0.4, 0.5) is 5.82 Å². The number of rotatable bonds is 4. The number of para-hydroxylation sites is 1. The third kappa shape index (κ3) is 2.59. The molecule has 0 spiro atoms. The van der Waals surface area contributed by atoms with E-state index in [4.69, 9.17) is 4.74 Å². The molecule has 0 fully saturated rings. The van der Waals surface area contributed by atoms with Gasteiger partial charge < -0.3 is 10.1 Å². The molecule has 0 saturated carbocycles. The molecule has 0 aliphatic rings. The molecule has 0 atom stereocenters. The molecule has 0 saturated heterocycles. The largest absolute Gasteiger partial charge is 0.442 e. The number of hydrogen-bond donors (Lipinski definition) is 1. The van der Waals surface area contributed by atoms with Crippen molar-refractivity contribution in [1.29, 1.82) is 0 Å². The molecule has 0 radical (unpaired) electrons. The molecule has 1 aromatic heterocycles. The highest BCUT2D eigenvalue weighted by molar-refractivity contribution is 5.91. The summed E-state index contributed by atoms with van der Waals surface area (Å²) in [5, 5.41) is 13.1. The Balaban J connectivity index is 1.81. The summed E-state index contributed by atoms with van der Waals surface area (Å²) in [4.78, 5) is 0. The summed E-state index contributed by atoms with van der Waals surface area (Å²) in [5.74, 6) is 1.75. The first-order valence-electron chi connectivity index (χ1n) is 6.22. The second kappa shape index (κ2) is 5.40. The van der Waals surface area contributed by atoms with Crippen LogP contribution in [0.3, 0.4) is 0 Å². The lowest BCUT2D eigenvalue weighted by atomic mass is 10.2. The Bertz CT molecular complexity index is 736. The van der Waals surface area contributed by atoms with E-state index in [0.717, 1.165) is 16.5 Å². The molecule has 1 heterocycles. The summed E-state index contributed by atoms with van der Waals surface area (Å²) < 4.78 is 5.59. The van der Waals surface area contributed by atoms with Gasteiger partial charge in [0.25, 0.3) is 0 Å². The summed E-state index contributed by atoms with van der Waals surface area (Å²) in [7, 11) is 0. The van der Waals surface area contributed by atoms with E-state index in [9.17, 15) is 0 Å². The van der Waals surface area contributed by atoms with Crippen molar-refractivity contribution in [1.82, 2.24) is 10.2 Å². The fourth-order valence-electron chi connectivity index (χ4n) is 1.91. The lowest BCUT2D eigenvalue weighted by molar-refractivity contribution is 0.434. The van der Waals surface area contributed by atoms with E-state index >= 15 is 0 Å². The molecule has 0 amide bonds. The Kier molecular flexibility index (Phi) is 3.29. The van der Waals surface area contributed by atoms with E-state index in [1.54, 1.807) is 6.20 Å². The maximum atomic E-state index is 5.59. The minimum Gasteiger partial charge on any atom is -0.442 e. The molecule has 20 heavy (non-hydrogen) atoms. The predicted molar refractivity (Wildman–Crippen MR) is 79.4 cm³/mol. The smallest absolute Gasteiger partial charge is 0.191 e. The van der Waals surface area contributed by atoms with Crippen LogP contribution in [0.5, 0.6) is 5.75 Å². The van der Waals surface area contributed by atoms with E-state index in [0.29, 0.717) is 11.7 Å². The van der Waals surface area contributed by atoms with Gasteiger partial charge in [-0.2, -0.15) is 5.10 Å². The summed E-state index contributed by atoms with van der Waals surface area (Å²) in [6.45, 7) is 3.85. The van der Waals surface area contributed by atoms with Crippen molar-refractivity contribution in [2.45, 2.75) is 0 Å². The fourth-order valence-corrected chi connectivity index (χ4v) is 1.91. The van der Waals surface area contributed by atoms with Crippen LogP contribution in [0.25, 0.3) is 10.8 Å². The monoisotopic (exact) mass is 263 g/mol. The fraction of sp³-hybridized carbons (Fsp3) is 0. The first kappa shape index (κ1) is 12.2. The molecule has 1 N–H and O–H groups in total. The number of nitrogens with zero attached hydrogens (tertiary/aromatic N) is 2. The van der Waals surface area contributed by atoms with Crippen LogP contribution in [0.1, 0.15) is 0 Å². The van der Waals surface area contributed by atoms with Crippen molar-refractivity contribution >= 4 is 16.6 Å². The Hall–Kier alpha value is -2.88. The van der Waals surface area contributed by atoms with Crippen molar-refractivity contribution in [2.24, 2.45) is 0 Å². The third-order valence-electron chi connectivity index (χ3n) is 2.81. The van der Waals surface area contributed by atoms with Crippen molar-refractivity contribution in [3.8, 4) is 5.75 Å². The molecule has 4 heteroatoms. The van der Waals surface area contributed by atoms with E-state index < -0.39 is 0 Å². The van der Waals surface area contributed by atoms with Crippen molar-refractivity contribution in [2.75, 3.05) is 5.32 Å². The summed E-state index contributed by atoms with van der Waals surface area (Å²) in [6, 6.07) is 17.3. The molecule has 2 aromatic carbocycles. The first-order chi connectivity index (χ1) is 9.83. The van der Waals surface area contributed by atoms with Crippen molar-refractivity contribution in [3.63, 3.8) is 0 Å². The Morgan fingerprint density at radius 3 is 2.60 bits per heavy atom. The standard InChI is InChI=1S/C16H13N3O/c1-12(20-14-8-3-2-4-9-14)18-16-15-10-6-5-7-13(15)11-17-19-16/h2-11H,1H2,(H,18,19). The highest BCUT2D eigenvalue weighted by atomic mass is 16.5. The molecule has 3 aromatic rings. The van der Waals surface area contributed by atoms with Crippen LogP contribution in [0.15, 0.2) is 73.3 Å². The van der Waals surface area contributed by atoms with E-state index in [2.05, 4.69) is 22.1 Å². The Morgan fingerprint density at radius 2 is 1.75 bits per heavy atom. The Labute approximate surface area is 116 Å². The van der Waals surface area contributed by atoms with Crippen LogP contribution in [-0.2, 0) is 0 Å². The number of benzene rings is 2. The predicted octanol–water partition coefficient (Wildman–Crippen LogP) is 3.59. The zero-order valence-electron chi connectivity index (χ0n) is 10.8. The van der Waals surface area contributed by atoms with Crippen LogP contribution in [0.2, 0.25) is 0 Å². The van der Waals surface area contributed by atoms with Gasteiger partial charge in [-0.15, -0.1) is 5.10 Å². The van der Waals surface area contributed by atoms with Gasteiger partial charge in [-0.3, -0.25) is 0 Å². The van der Waals surface area contributed by atoms with E-state index in [1.807, 2.05) is 54.6 Å². The highest BCUT2D eigenvalue weighted by Crippen LogP contribution is 2.21. The van der Waals surface area contributed by atoms with Crippen LogP contribution in [0, 0.1) is 0 Å². The molecule has 98 valence electrons. The number of anilines is 1. The average Bonchev–Trinajstić information content (AvgIpc) is 2.48. The maximum absolute atomic E-state index is 5.59. The number of aromatic nitrogens is 2. The molecule has 0 aliphatic carbocycles. The maximum Gasteiger partial charge on any atom is 0.191 e. The lowest BCUT2D eigenvalue weighted by Crippen LogP contribution is -2.07.